The van der Waals surface area contributed by atoms with Crippen LogP contribution in [0.3, 0.4) is 0 Å². The van der Waals surface area contributed by atoms with Gasteiger partial charge in [-0.2, -0.15) is 5.10 Å². The predicted octanol–water partition coefficient (Wildman–Crippen LogP) is 4.20. The van der Waals surface area contributed by atoms with E-state index in [0.717, 1.165) is 29.9 Å². The number of aryl methyl sites for hydroxylation is 1. The van der Waals surface area contributed by atoms with Gasteiger partial charge in [-0.15, -0.1) is 11.3 Å². The molecule has 26 heavy (non-hydrogen) atoms. The van der Waals surface area contributed by atoms with Crippen molar-refractivity contribution in [3.05, 3.63) is 50.8 Å². The van der Waals surface area contributed by atoms with Crippen molar-refractivity contribution in [2.24, 2.45) is 0 Å². The van der Waals surface area contributed by atoms with E-state index in [1.54, 1.807) is 29.9 Å². The fraction of sp³-hybridized carbons (Fsp3) is 0.444. The van der Waals surface area contributed by atoms with Gasteiger partial charge in [0.1, 0.15) is 16.4 Å². The Morgan fingerprint density at radius 3 is 2.85 bits per heavy atom. The first-order chi connectivity index (χ1) is 12.5. The molecule has 0 saturated carbocycles. The summed E-state index contributed by atoms with van der Waals surface area (Å²) in [6.45, 7) is 4.98. The van der Waals surface area contributed by atoms with Gasteiger partial charge in [0.05, 0.1) is 27.9 Å². The summed E-state index contributed by atoms with van der Waals surface area (Å²) in [5.41, 5.74) is 2.25. The van der Waals surface area contributed by atoms with E-state index in [0.29, 0.717) is 18.1 Å². The van der Waals surface area contributed by atoms with Crippen molar-refractivity contribution in [1.29, 1.82) is 0 Å². The highest BCUT2D eigenvalue weighted by atomic mass is 32.1. The number of nitro groups is 1. The molecule has 0 aliphatic carbocycles. The zero-order valence-corrected chi connectivity index (χ0v) is 15.7. The topological polar surface area (TPSA) is 77.1 Å². The fourth-order valence-electron chi connectivity index (χ4n) is 3.73. The Kier molecular flexibility index (Phi) is 4.46. The van der Waals surface area contributed by atoms with Crippen LogP contribution in [0.2, 0.25) is 0 Å². The van der Waals surface area contributed by atoms with Crippen LogP contribution >= 0.6 is 11.3 Å². The molecule has 0 bridgehead atoms. The number of aromatic nitrogens is 3. The predicted molar refractivity (Wildman–Crippen MR) is 101 cm³/mol. The van der Waals surface area contributed by atoms with E-state index in [1.807, 2.05) is 18.2 Å². The molecular weight excluding hydrogens is 350 g/mol. The summed E-state index contributed by atoms with van der Waals surface area (Å²) in [5.74, 6) is 0. The number of piperidine rings is 1. The van der Waals surface area contributed by atoms with Gasteiger partial charge in [0.15, 0.2) is 0 Å². The molecule has 8 heteroatoms. The second kappa shape index (κ2) is 6.77. The van der Waals surface area contributed by atoms with Crippen LogP contribution in [-0.2, 0) is 6.67 Å². The van der Waals surface area contributed by atoms with E-state index in [1.165, 1.54) is 11.1 Å². The summed E-state index contributed by atoms with van der Waals surface area (Å²) in [6.07, 6.45) is 3.36. The lowest BCUT2D eigenvalue weighted by molar-refractivity contribution is -0.386. The number of hydrogen-bond acceptors (Lipinski definition) is 6. The highest BCUT2D eigenvalue weighted by molar-refractivity contribution is 7.18. The third-order valence-corrected chi connectivity index (χ3v) is 6.19. The maximum absolute atomic E-state index is 11.3. The van der Waals surface area contributed by atoms with Gasteiger partial charge in [0.2, 0.25) is 0 Å². The number of likely N-dealkylation sites (tertiary alicyclic amines) is 1. The third-order valence-electron chi connectivity index (χ3n) is 5.05. The zero-order valence-electron chi connectivity index (χ0n) is 14.9. The van der Waals surface area contributed by atoms with Gasteiger partial charge in [-0.3, -0.25) is 15.0 Å². The number of para-hydroxylation sites is 1. The summed E-state index contributed by atoms with van der Waals surface area (Å²) >= 11 is 1.74. The van der Waals surface area contributed by atoms with Gasteiger partial charge in [-0.05, 0) is 38.8 Å². The monoisotopic (exact) mass is 371 g/mol. The summed E-state index contributed by atoms with van der Waals surface area (Å²) in [7, 11) is 0. The lowest BCUT2D eigenvalue weighted by atomic mass is 10.0. The molecule has 1 aromatic carbocycles. The number of rotatable bonds is 4. The molecule has 0 amide bonds. The normalized spacial score (nSPS) is 18.5. The van der Waals surface area contributed by atoms with Crippen LogP contribution in [0, 0.1) is 24.0 Å². The van der Waals surface area contributed by atoms with Crippen molar-refractivity contribution in [1.82, 2.24) is 19.7 Å². The molecule has 1 saturated heterocycles. The van der Waals surface area contributed by atoms with Crippen molar-refractivity contribution in [2.45, 2.75) is 45.8 Å². The molecule has 7 nitrogen and oxygen atoms in total. The lowest BCUT2D eigenvalue weighted by Gasteiger charge is -2.34. The van der Waals surface area contributed by atoms with Crippen LogP contribution in [0.15, 0.2) is 24.3 Å². The van der Waals surface area contributed by atoms with E-state index in [4.69, 9.17) is 4.98 Å². The molecule has 0 spiro atoms. The van der Waals surface area contributed by atoms with E-state index < -0.39 is 0 Å². The molecule has 1 aliphatic heterocycles. The Hall–Kier alpha value is -2.32. The molecule has 3 aromatic rings. The Balaban J connectivity index is 1.64. The van der Waals surface area contributed by atoms with Crippen molar-refractivity contribution < 1.29 is 4.92 Å². The van der Waals surface area contributed by atoms with Crippen LogP contribution in [0.4, 0.5) is 5.69 Å². The van der Waals surface area contributed by atoms with Gasteiger partial charge in [0, 0.05) is 6.54 Å². The van der Waals surface area contributed by atoms with Crippen molar-refractivity contribution in [2.75, 3.05) is 6.54 Å². The first kappa shape index (κ1) is 17.1. The third kappa shape index (κ3) is 2.99. The van der Waals surface area contributed by atoms with Gasteiger partial charge < -0.3 is 0 Å². The van der Waals surface area contributed by atoms with Crippen molar-refractivity contribution in [3.63, 3.8) is 0 Å². The fourth-order valence-corrected chi connectivity index (χ4v) is 4.87. The Morgan fingerprint density at radius 2 is 2.12 bits per heavy atom. The van der Waals surface area contributed by atoms with Crippen LogP contribution in [0.25, 0.3) is 10.2 Å². The highest BCUT2D eigenvalue weighted by Crippen LogP contribution is 2.36. The Bertz CT molecular complexity index is 931. The van der Waals surface area contributed by atoms with E-state index >= 15 is 0 Å². The number of fused-ring (bicyclic) bond motifs is 1. The minimum absolute atomic E-state index is 0.124. The Morgan fingerprint density at radius 1 is 1.31 bits per heavy atom. The number of thiazole rings is 1. The van der Waals surface area contributed by atoms with Crippen LogP contribution in [0.1, 0.15) is 41.7 Å². The molecule has 4 rings (SSSR count). The quantitative estimate of drug-likeness (QED) is 0.507. The molecule has 0 unspecified atom stereocenters. The molecule has 136 valence electrons. The minimum atomic E-state index is -0.338. The maximum atomic E-state index is 11.3. The van der Waals surface area contributed by atoms with Crippen molar-refractivity contribution in [3.8, 4) is 0 Å². The minimum Gasteiger partial charge on any atom is -0.275 e. The largest absolute Gasteiger partial charge is 0.312 e. The van der Waals surface area contributed by atoms with Gasteiger partial charge >= 0.3 is 5.69 Å². The second-order valence-electron chi connectivity index (χ2n) is 6.76. The maximum Gasteiger partial charge on any atom is 0.312 e. The summed E-state index contributed by atoms with van der Waals surface area (Å²) in [4.78, 5) is 18.1. The zero-order chi connectivity index (χ0) is 18.3. The van der Waals surface area contributed by atoms with Crippen LogP contribution < -0.4 is 0 Å². The molecule has 1 fully saturated rings. The summed E-state index contributed by atoms with van der Waals surface area (Å²) in [6, 6.07) is 8.45. The molecule has 3 heterocycles. The molecule has 0 radical (unpaired) electrons. The molecule has 1 atom stereocenters. The van der Waals surface area contributed by atoms with E-state index in [2.05, 4.69) is 16.1 Å². The van der Waals surface area contributed by atoms with E-state index in [9.17, 15) is 10.1 Å². The van der Waals surface area contributed by atoms with E-state index in [-0.39, 0.29) is 16.7 Å². The average Bonchev–Trinajstić information content (AvgIpc) is 3.16. The summed E-state index contributed by atoms with van der Waals surface area (Å²) < 4.78 is 2.97. The molecular formula is C18H21N5O2S. The van der Waals surface area contributed by atoms with Gasteiger partial charge in [0.25, 0.3) is 0 Å². The number of benzene rings is 1. The smallest absolute Gasteiger partial charge is 0.275 e. The van der Waals surface area contributed by atoms with Gasteiger partial charge in [-0.25, -0.2) is 9.67 Å². The summed E-state index contributed by atoms with van der Waals surface area (Å²) in [5, 5.41) is 16.8. The molecule has 1 aliphatic rings. The molecule has 2 aromatic heterocycles. The Labute approximate surface area is 155 Å². The number of nitrogens with zero attached hydrogens (tertiary/aromatic N) is 5. The number of hydrogen-bond donors (Lipinski definition) is 0. The second-order valence-corrected chi connectivity index (χ2v) is 7.82. The first-order valence-corrected chi connectivity index (χ1v) is 9.64. The lowest BCUT2D eigenvalue weighted by Crippen LogP contribution is -2.35. The van der Waals surface area contributed by atoms with Crippen LogP contribution in [-0.4, -0.2) is 31.1 Å². The van der Waals surface area contributed by atoms with Crippen LogP contribution in [0.5, 0.6) is 0 Å². The SMILES string of the molecule is Cc1nn(CN2CCCC[C@H]2c2nc3ccccc3s2)c(C)c1[N+](=O)[O-]. The highest BCUT2D eigenvalue weighted by Gasteiger charge is 2.29. The standard InChI is InChI=1S/C18H21N5O2S/c1-12-17(23(24)25)13(2)22(20-12)11-21-10-6-5-8-15(21)18-19-14-7-3-4-9-16(14)26-18/h3-4,7,9,15H,5-6,8,10-11H2,1-2H3/t15-/m0/s1. The average molecular weight is 371 g/mol. The molecule has 0 N–H and O–H groups in total. The van der Waals surface area contributed by atoms with Gasteiger partial charge in [-0.1, -0.05) is 18.6 Å². The van der Waals surface area contributed by atoms with Crippen molar-refractivity contribution >= 4 is 27.2 Å². The first-order valence-electron chi connectivity index (χ1n) is 8.82.